The largest absolute Gasteiger partial charge is 0.493 e. The summed E-state index contributed by atoms with van der Waals surface area (Å²) in [6.07, 6.45) is 2.00. The topological polar surface area (TPSA) is 75.4 Å². The van der Waals surface area contributed by atoms with Crippen LogP contribution in [-0.4, -0.2) is 32.0 Å². The van der Waals surface area contributed by atoms with Crippen molar-refractivity contribution < 1.29 is 9.90 Å². The van der Waals surface area contributed by atoms with E-state index in [9.17, 15) is 14.7 Å². The van der Waals surface area contributed by atoms with Gasteiger partial charge in [-0.2, -0.15) is 4.98 Å². The maximum Gasteiger partial charge on any atom is 0.265 e. The maximum atomic E-state index is 12.9. The summed E-state index contributed by atoms with van der Waals surface area (Å²) in [5, 5.41) is 10.1. The number of rotatable bonds is 1. The molecule has 118 valence electrons. The molecule has 1 fully saturated rings. The highest BCUT2D eigenvalue weighted by Gasteiger charge is 2.38. The number of fused-ring (bicyclic) bond motifs is 5. The first-order valence-electron chi connectivity index (χ1n) is 7.88. The number of para-hydroxylation sites is 1. The van der Waals surface area contributed by atoms with Gasteiger partial charge in [0.2, 0.25) is 5.88 Å². The summed E-state index contributed by atoms with van der Waals surface area (Å²) in [6, 6.07) is 6.84. The van der Waals surface area contributed by atoms with E-state index >= 15 is 0 Å². The molecule has 3 heterocycles. The van der Waals surface area contributed by atoms with E-state index in [2.05, 4.69) is 4.98 Å². The van der Waals surface area contributed by atoms with Crippen molar-refractivity contribution in [3.63, 3.8) is 0 Å². The van der Waals surface area contributed by atoms with Crippen molar-refractivity contribution in [1.29, 1.82) is 0 Å². The van der Waals surface area contributed by atoms with Crippen molar-refractivity contribution in [3.05, 3.63) is 51.6 Å². The minimum atomic E-state index is -0.288. The predicted molar refractivity (Wildman–Crippen MR) is 83.9 cm³/mol. The lowest BCUT2D eigenvalue weighted by Gasteiger charge is -2.22. The number of carbonyl (C=O) groups excluding carboxylic acids is 1. The van der Waals surface area contributed by atoms with Gasteiger partial charge in [0.1, 0.15) is 5.82 Å². The first kappa shape index (κ1) is 14.0. The number of aromatic nitrogens is 2. The molecule has 1 saturated heterocycles. The smallest absolute Gasteiger partial charge is 0.265 e. The van der Waals surface area contributed by atoms with Crippen LogP contribution in [0.1, 0.15) is 47.6 Å². The van der Waals surface area contributed by atoms with E-state index < -0.39 is 0 Å². The van der Waals surface area contributed by atoms with Gasteiger partial charge >= 0.3 is 0 Å². The van der Waals surface area contributed by atoms with Crippen molar-refractivity contribution >= 4 is 5.91 Å². The third-order valence-electron chi connectivity index (χ3n) is 4.72. The molecule has 2 aliphatic rings. The molecular weight excluding hydrogens is 294 g/mol. The molecule has 0 unspecified atom stereocenters. The molecule has 6 nitrogen and oxygen atoms in total. The van der Waals surface area contributed by atoms with Crippen molar-refractivity contribution in [2.45, 2.75) is 32.2 Å². The molecule has 2 aliphatic heterocycles. The van der Waals surface area contributed by atoms with Gasteiger partial charge in [-0.25, -0.2) is 0 Å². The molecule has 6 heteroatoms. The Bertz CT molecular complexity index is 872. The molecule has 4 rings (SSSR count). The molecular formula is C17H17N3O3. The van der Waals surface area contributed by atoms with Gasteiger partial charge in [-0.3, -0.25) is 14.2 Å². The van der Waals surface area contributed by atoms with E-state index in [0.717, 1.165) is 12.8 Å². The summed E-state index contributed by atoms with van der Waals surface area (Å²) in [5.74, 6) is 0.161. The van der Waals surface area contributed by atoms with Crippen molar-refractivity contribution in [3.8, 4) is 11.6 Å². The van der Waals surface area contributed by atoms with Crippen LogP contribution < -0.4 is 5.56 Å². The zero-order chi connectivity index (χ0) is 16.1. The van der Waals surface area contributed by atoms with Crippen LogP contribution >= 0.6 is 0 Å². The number of carbonyl (C=O) groups is 1. The van der Waals surface area contributed by atoms with Gasteiger partial charge < -0.3 is 10.0 Å². The fourth-order valence-corrected chi connectivity index (χ4v) is 3.61. The molecule has 0 spiro atoms. The highest BCUT2D eigenvalue weighted by atomic mass is 16.3. The molecule has 0 radical (unpaired) electrons. The number of benzene rings is 1. The van der Waals surface area contributed by atoms with Gasteiger partial charge in [0.15, 0.2) is 0 Å². The number of nitrogens with zero attached hydrogens (tertiary/aromatic N) is 3. The van der Waals surface area contributed by atoms with Crippen LogP contribution in [0.25, 0.3) is 5.69 Å². The number of amides is 1. The van der Waals surface area contributed by atoms with E-state index in [1.165, 1.54) is 4.57 Å². The van der Waals surface area contributed by atoms with Crippen LogP contribution in [0, 0.1) is 0 Å². The SMILES string of the molecule is CCc1c(O)nc2n(c1=O)-c1ccccc1C(=O)N1CCC[C@@H]21. The molecule has 1 N–H and O–H groups in total. The highest BCUT2D eigenvalue weighted by molar-refractivity contribution is 5.98. The predicted octanol–water partition coefficient (Wildman–Crippen LogP) is 1.79. The minimum Gasteiger partial charge on any atom is -0.493 e. The Labute approximate surface area is 133 Å². The Morgan fingerprint density at radius 2 is 2.09 bits per heavy atom. The van der Waals surface area contributed by atoms with Crippen LogP contribution in [0.4, 0.5) is 0 Å². The Kier molecular flexibility index (Phi) is 3.01. The fraction of sp³-hybridized carbons (Fsp3) is 0.353. The lowest BCUT2D eigenvalue weighted by atomic mass is 10.1. The fourth-order valence-electron chi connectivity index (χ4n) is 3.61. The summed E-state index contributed by atoms with van der Waals surface area (Å²) < 4.78 is 1.52. The summed E-state index contributed by atoms with van der Waals surface area (Å²) in [5.41, 5.74) is 1.05. The quantitative estimate of drug-likeness (QED) is 0.871. The van der Waals surface area contributed by atoms with Crippen LogP contribution in [0.15, 0.2) is 29.1 Å². The first-order chi connectivity index (χ1) is 11.1. The third-order valence-corrected chi connectivity index (χ3v) is 4.72. The molecule has 23 heavy (non-hydrogen) atoms. The molecule has 0 aliphatic carbocycles. The standard InChI is InChI=1S/C17H17N3O3/c1-2-10-15(21)18-14-13-8-5-9-19(13)16(22)11-6-3-4-7-12(11)20(14)17(10)23/h3-4,6-7,13,21H,2,5,8-9H2,1H3/t13-/m0/s1. The molecule has 0 bridgehead atoms. The Morgan fingerprint density at radius 3 is 2.87 bits per heavy atom. The molecule has 1 aromatic carbocycles. The number of aromatic hydroxyl groups is 1. The monoisotopic (exact) mass is 311 g/mol. The normalized spacial score (nSPS) is 19.1. The Morgan fingerprint density at radius 1 is 1.30 bits per heavy atom. The van der Waals surface area contributed by atoms with Crippen molar-refractivity contribution in [2.75, 3.05) is 6.54 Å². The summed E-state index contributed by atoms with van der Waals surface area (Å²) >= 11 is 0. The molecule has 1 amide bonds. The van der Waals surface area contributed by atoms with Gasteiger partial charge in [0.05, 0.1) is 22.9 Å². The average molecular weight is 311 g/mol. The van der Waals surface area contributed by atoms with E-state index in [1.54, 1.807) is 36.1 Å². The Hall–Kier alpha value is -2.63. The van der Waals surface area contributed by atoms with Gasteiger partial charge in [0.25, 0.3) is 11.5 Å². The second-order valence-corrected chi connectivity index (χ2v) is 5.94. The zero-order valence-corrected chi connectivity index (χ0v) is 12.8. The number of hydrogen-bond acceptors (Lipinski definition) is 4. The van der Waals surface area contributed by atoms with E-state index in [1.807, 2.05) is 0 Å². The maximum absolute atomic E-state index is 12.9. The summed E-state index contributed by atoms with van der Waals surface area (Å²) in [4.78, 5) is 31.8. The first-order valence-corrected chi connectivity index (χ1v) is 7.88. The lowest BCUT2D eigenvalue weighted by Crippen LogP contribution is -2.31. The van der Waals surface area contributed by atoms with Gasteiger partial charge in [-0.1, -0.05) is 19.1 Å². The third kappa shape index (κ3) is 1.84. The van der Waals surface area contributed by atoms with Crippen LogP contribution in [-0.2, 0) is 6.42 Å². The average Bonchev–Trinajstić information content (AvgIpc) is 3.00. The van der Waals surface area contributed by atoms with Crippen LogP contribution in [0.2, 0.25) is 0 Å². The van der Waals surface area contributed by atoms with Crippen LogP contribution in [0.5, 0.6) is 5.88 Å². The van der Waals surface area contributed by atoms with Crippen molar-refractivity contribution in [1.82, 2.24) is 14.5 Å². The molecule has 1 atom stereocenters. The lowest BCUT2D eigenvalue weighted by molar-refractivity contribution is 0.0735. The Balaban J connectivity index is 2.13. The highest BCUT2D eigenvalue weighted by Crippen LogP contribution is 2.37. The number of hydrogen-bond donors (Lipinski definition) is 1. The van der Waals surface area contributed by atoms with E-state index in [-0.39, 0.29) is 29.0 Å². The molecule has 2 aromatic rings. The zero-order valence-electron chi connectivity index (χ0n) is 12.8. The van der Waals surface area contributed by atoms with Gasteiger partial charge in [0, 0.05) is 6.54 Å². The van der Waals surface area contributed by atoms with E-state index in [4.69, 9.17) is 0 Å². The molecule has 0 saturated carbocycles. The minimum absolute atomic E-state index is 0.0782. The van der Waals surface area contributed by atoms with Crippen LogP contribution in [0.3, 0.4) is 0 Å². The second kappa shape index (κ2) is 4.94. The summed E-state index contributed by atoms with van der Waals surface area (Å²) in [6.45, 7) is 2.45. The second-order valence-electron chi connectivity index (χ2n) is 5.94. The van der Waals surface area contributed by atoms with Gasteiger partial charge in [-0.05, 0) is 31.4 Å². The van der Waals surface area contributed by atoms with Gasteiger partial charge in [-0.15, -0.1) is 0 Å². The van der Waals surface area contributed by atoms with E-state index in [0.29, 0.717) is 30.0 Å². The summed E-state index contributed by atoms with van der Waals surface area (Å²) in [7, 11) is 0. The molecule has 1 aromatic heterocycles. The van der Waals surface area contributed by atoms with Crippen molar-refractivity contribution in [2.24, 2.45) is 0 Å².